The van der Waals surface area contributed by atoms with Crippen LogP contribution in [0.25, 0.3) is 0 Å². The number of hydrogen-bond donors (Lipinski definition) is 1. The number of hydrazone groups is 1. The molecule has 2 aromatic carbocycles. The zero-order valence-electron chi connectivity index (χ0n) is 11.9. The van der Waals surface area contributed by atoms with Gasteiger partial charge < -0.3 is 0 Å². The quantitative estimate of drug-likeness (QED) is 0.513. The zero-order valence-corrected chi connectivity index (χ0v) is 13.4. The van der Waals surface area contributed by atoms with Gasteiger partial charge in [-0.1, -0.05) is 35.3 Å². The lowest BCUT2D eigenvalue weighted by atomic mass is 10.1. The van der Waals surface area contributed by atoms with Gasteiger partial charge in [0.05, 0.1) is 26.7 Å². The van der Waals surface area contributed by atoms with Crippen LogP contribution in [0.4, 0.5) is 5.69 Å². The lowest BCUT2D eigenvalue weighted by molar-refractivity contribution is -0.385. The third-order valence-electron chi connectivity index (χ3n) is 3.07. The normalized spacial score (nSPS) is 10.7. The van der Waals surface area contributed by atoms with E-state index in [0.717, 1.165) is 0 Å². The Balaban J connectivity index is 2.13. The fourth-order valence-electron chi connectivity index (χ4n) is 1.89. The van der Waals surface area contributed by atoms with Crippen LogP contribution in [-0.2, 0) is 0 Å². The van der Waals surface area contributed by atoms with Crippen molar-refractivity contribution in [1.82, 2.24) is 5.43 Å². The summed E-state index contributed by atoms with van der Waals surface area (Å²) >= 11 is 11.7. The first-order valence-corrected chi connectivity index (χ1v) is 7.18. The van der Waals surface area contributed by atoms with Gasteiger partial charge in [0, 0.05) is 11.6 Å². The standard InChI is InChI=1S/C15H11Cl2N3O3/c1-9-11(3-2-4-14(9)20(22)23)15(21)19-18-8-10-5-6-12(16)13(17)7-10/h2-8H,1H3,(H,19,21)/b18-8+. The van der Waals surface area contributed by atoms with Crippen molar-refractivity contribution in [3.8, 4) is 0 Å². The summed E-state index contributed by atoms with van der Waals surface area (Å²) in [6.07, 6.45) is 1.40. The third kappa shape index (κ3) is 4.06. The molecule has 0 aliphatic rings. The van der Waals surface area contributed by atoms with Crippen LogP contribution in [0.1, 0.15) is 21.5 Å². The number of rotatable bonds is 4. The van der Waals surface area contributed by atoms with Crippen molar-refractivity contribution in [3.05, 3.63) is 73.2 Å². The van der Waals surface area contributed by atoms with Gasteiger partial charge in [-0.2, -0.15) is 5.10 Å². The van der Waals surface area contributed by atoms with Gasteiger partial charge in [-0.25, -0.2) is 5.43 Å². The lowest BCUT2D eigenvalue weighted by Crippen LogP contribution is -2.19. The molecule has 0 aliphatic carbocycles. The summed E-state index contributed by atoms with van der Waals surface area (Å²) in [4.78, 5) is 22.4. The first kappa shape index (κ1) is 16.9. The molecule has 0 saturated heterocycles. The van der Waals surface area contributed by atoms with Crippen molar-refractivity contribution in [2.24, 2.45) is 5.10 Å². The molecule has 2 aromatic rings. The van der Waals surface area contributed by atoms with Gasteiger partial charge in [0.2, 0.25) is 0 Å². The molecule has 0 heterocycles. The number of benzene rings is 2. The summed E-state index contributed by atoms with van der Waals surface area (Å²) in [7, 11) is 0. The molecular weight excluding hydrogens is 341 g/mol. The molecule has 0 fully saturated rings. The molecule has 118 valence electrons. The van der Waals surface area contributed by atoms with E-state index in [4.69, 9.17) is 23.2 Å². The first-order chi connectivity index (χ1) is 10.9. The number of carbonyl (C=O) groups excluding carboxylic acids is 1. The minimum atomic E-state index is -0.539. The monoisotopic (exact) mass is 351 g/mol. The largest absolute Gasteiger partial charge is 0.273 e. The van der Waals surface area contributed by atoms with E-state index in [1.54, 1.807) is 18.2 Å². The molecule has 0 spiro atoms. The van der Waals surface area contributed by atoms with Crippen LogP contribution in [0.5, 0.6) is 0 Å². The van der Waals surface area contributed by atoms with Gasteiger partial charge in [0.25, 0.3) is 11.6 Å². The number of carbonyl (C=O) groups is 1. The zero-order chi connectivity index (χ0) is 17.0. The maximum Gasteiger partial charge on any atom is 0.273 e. The SMILES string of the molecule is Cc1c(C(=O)N/N=C/c2ccc(Cl)c(Cl)c2)cccc1[N+](=O)[O-]. The van der Waals surface area contributed by atoms with Gasteiger partial charge in [-0.15, -0.1) is 0 Å². The molecule has 0 bridgehead atoms. The van der Waals surface area contributed by atoms with Crippen LogP contribution in [0.15, 0.2) is 41.5 Å². The molecule has 0 saturated carbocycles. The highest BCUT2D eigenvalue weighted by atomic mass is 35.5. The smallest absolute Gasteiger partial charge is 0.267 e. The van der Waals surface area contributed by atoms with Gasteiger partial charge >= 0.3 is 0 Å². The van der Waals surface area contributed by atoms with Crippen molar-refractivity contribution in [2.45, 2.75) is 6.92 Å². The van der Waals surface area contributed by atoms with Crippen molar-refractivity contribution in [2.75, 3.05) is 0 Å². The molecule has 0 unspecified atom stereocenters. The second kappa shape index (κ2) is 7.21. The van der Waals surface area contributed by atoms with E-state index < -0.39 is 10.8 Å². The van der Waals surface area contributed by atoms with E-state index in [9.17, 15) is 14.9 Å². The molecule has 2 rings (SSSR count). The van der Waals surface area contributed by atoms with E-state index in [2.05, 4.69) is 10.5 Å². The van der Waals surface area contributed by atoms with Crippen molar-refractivity contribution < 1.29 is 9.72 Å². The number of nitro groups is 1. The number of nitro benzene ring substituents is 1. The van der Waals surface area contributed by atoms with Crippen LogP contribution in [-0.4, -0.2) is 17.0 Å². The minimum Gasteiger partial charge on any atom is -0.267 e. The van der Waals surface area contributed by atoms with Crippen LogP contribution in [0.3, 0.4) is 0 Å². The summed E-state index contributed by atoms with van der Waals surface area (Å²) in [5.74, 6) is -0.539. The van der Waals surface area contributed by atoms with E-state index in [1.807, 2.05) is 0 Å². The highest BCUT2D eigenvalue weighted by Gasteiger charge is 2.17. The van der Waals surface area contributed by atoms with E-state index in [0.29, 0.717) is 15.6 Å². The first-order valence-electron chi connectivity index (χ1n) is 6.42. The summed E-state index contributed by atoms with van der Waals surface area (Å²) in [5, 5.41) is 15.5. The second-order valence-corrected chi connectivity index (χ2v) is 5.39. The number of nitrogens with zero attached hydrogens (tertiary/aromatic N) is 2. The Bertz CT molecular complexity index is 807. The molecule has 1 N–H and O–H groups in total. The number of halogens is 2. The Hall–Kier alpha value is -2.44. The Kier molecular flexibility index (Phi) is 5.31. The maximum absolute atomic E-state index is 12.1. The second-order valence-electron chi connectivity index (χ2n) is 4.58. The van der Waals surface area contributed by atoms with Crippen LogP contribution < -0.4 is 5.43 Å². The highest BCUT2D eigenvalue weighted by molar-refractivity contribution is 6.42. The van der Waals surface area contributed by atoms with Crippen LogP contribution in [0.2, 0.25) is 10.0 Å². The van der Waals surface area contributed by atoms with E-state index in [1.165, 1.54) is 31.3 Å². The number of amides is 1. The van der Waals surface area contributed by atoms with E-state index >= 15 is 0 Å². The summed E-state index contributed by atoms with van der Waals surface area (Å²) < 4.78 is 0. The van der Waals surface area contributed by atoms with Gasteiger partial charge in [0.15, 0.2) is 0 Å². The summed E-state index contributed by atoms with van der Waals surface area (Å²) in [6, 6.07) is 9.17. The molecule has 0 atom stereocenters. The average molecular weight is 352 g/mol. The minimum absolute atomic E-state index is 0.119. The molecule has 8 heteroatoms. The molecule has 6 nitrogen and oxygen atoms in total. The summed E-state index contributed by atoms with van der Waals surface area (Å²) in [6.45, 7) is 1.51. The van der Waals surface area contributed by atoms with Crippen LogP contribution in [0, 0.1) is 17.0 Å². The van der Waals surface area contributed by atoms with E-state index in [-0.39, 0.29) is 16.8 Å². The fourth-order valence-corrected chi connectivity index (χ4v) is 2.19. The predicted octanol–water partition coefficient (Wildman–Crippen LogP) is 3.97. The Labute approximate surface area is 141 Å². The molecule has 0 aromatic heterocycles. The van der Waals surface area contributed by atoms with Gasteiger partial charge in [0.1, 0.15) is 0 Å². The Morgan fingerprint density at radius 2 is 2.00 bits per heavy atom. The maximum atomic E-state index is 12.1. The van der Waals surface area contributed by atoms with Crippen molar-refractivity contribution in [3.63, 3.8) is 0 Å². The highest BCUT2D eigenvalue weighted by Crippen LogP contribution is 2.22. The number of hydrogen-bond acceptors (Lipinski definition) is 4. The van der Waals surface area contributed by atoms with Gasteiger partial charge in [-0.3, -0.25) is 14.9 Å². The Morgan fingerprint density at radius 3 is 2.65 bits per heavy atom. The Morgan fingerprint density at radius 1 is 1.26 bits per heavy atom. The molecule has 23 heavy (non-hydrogen) atoms. The molecule has 0 radical (unpaired) electrons. The third-order valence-corrected chi connectivity index (χ3v) is 3.81. The molecular formula is C15H11Cl2N3O3. The van der Waals surface area contributed by atoms with Crippen LogP contribution >= 0.6 is 23.2 Å². The topological polar surface area (TPSA) is 84.6 Å². The molecule has 0 aliphatic heterocycles. The lowest BCUT2D eigenvalue weighted by Gasteiger charge is -2.04. The molecule has 1 amide bonds. The number of nitrogens with one attached hydrogen (secondary N) is 1. The fraction of sp³-hybridized carbons (Fsp3) is 0.0667. The average Bonchev–Trinajstić information content (AvgIpc) is 2.50. The predicted molar refractivity (Wildman–Crippen MR) is 89.4 cm³/mol. The van der Waals surface area contributed by atoms with Crippen molar-refractivity contribution in [1.29, 1.82) is 0 Å². The van der Waals surface area contributed by atoms with Crippen molar-refractivity contribution >= 4 is 41.0 Å². The van der Waals surface area contributed by atoms with Gasteiger partial charge in [-0.05, 0) is 30.7 Å². The summed E-state index contributed by atoms with van der Waals surface area (Å²) in [5.41, 5.74) is 3.31.